The number of fused-ring (bicyclic) bond motifs is 5. The van der Waals surface area contributed by atoms with Crippen LogP contribution in [0.2, 0.25) is 0 Å². The fourth-order valence-electron chi connectivity index (χ4n) is 6.39. The molecule has 4 aliphatic rings. The van der Waals surface area contributed by atoms with Crippen molar-refractivity contribution in [3.8, 4) is 0 Å². The van der Waals surface area contributed by atoms with Crippen molar-refractivity contribution in [3.05, 3.63) is 11.6 Å². The number of hydrogen-bond acceptors (Lipinski definition) is 3. The maximum Gasteiger partial charge on any atom is 0.156 e. The van der Waals surface area contributed by atoms with E-state index >= 15 is 0 Å². The summed E-state index contributed by atoms with van der Waals surface area (Å²) in [6.07, 6.45) is 7.73. The van der Waals surface area contributed by atoms with Crippen molar-refractivity contribution in [2.24, 2.45) is 28.6 Å². The van der Waals surface area contributed by atoms with Gasteiger partial charge in [-0.3, -0.25) is 4.79 Å². The molecule has 2 N–H and O–H groups in total. The van der Waals surface area contributed by atoms with Crippen LogP contribution in [0.1, 0.15) is 58.8 Å². The molecule has 0 unspecified atom stereocenters. The first-order valence-electron chi connectivity index (χ1n) is 8.94. The monoisotopic (exact) mass is 304 g/mol. The number of carbonyl (C=O) groups excluding carboxylic acids is 1. The molecule has 0 bridgehead atoms. The molecule has 4 rings (SSSR count). The van der Waals surface area contributed by atoms with Crippen molar-refractivity contribution in [2.45, 2.75) is 71.0 Å². The minimum Gasteiger partial charge on any atom is -0.393 e. The van der Waals surface area contributed by atoms with Gasteiger partial charge in [-0.1, -0.05) is 19.4 Å². The Labute approximate surface area is 132 Å². The smallest absolute Gasteiger partial charge is 0.156 e. The number of aliphatic hydroxyl groups excluding tert-OH is 2. The Bertz CT molecular complexity index is 539. The Kier molecular flexibility index (Phi) is 3.16. The second kappa shape index (κ2) is 4.67. The van der Waals surface area contributed by atoms with Crippen molar-refractivity contribution < 1.29 is 15.0 Å². The molecule has 0 amide bonds. The number of aliphatic hydroxyl groups is 2. The van der Waals surface area contributed by atoms with E-state index in [-0.39, 0.29) is 34.7 Å². The fourth-order valence-corrected chi connectivity index (χ4v) is 6.39. The molecule has 0 aromatic heterocycles. The number of allylic oxidation sites excluding steroid dienone is 1. The molecule has 0 spiro atoms. The van der Waals surface area contributed by atoms with E-state index in [9.17, 15) is 15.0 Å². The lowest BCUT2D eigenvalue weighted by Gasteiger charge is -2.60. The average Bonchev–Trinajstić information content (AvgIpc) is 2.75. The van der Waals surface area contributed by atoms with Gasteiger partial charge >= 0.3 is 0 Å². The zero-order valence-electron chi connectivity index (χ0n) is 13.7. The molecule has 0 heterocycles. The number of carbonyl (C=O) groups is 1. The minimum atomic E-state index is -0.342. The largest absolute Gasteiger partial charge is 0.393 e. The third kappa shape index (κ3) is 1.91. The van der Waals surface area contributed by atoms with Crippen molar-refractivity contribution >= 4 is 5.78 Å². The summed E-state index contributed by atoms with van der Waals surface area (Å²) in [7, 11) is 0. The SMILES string of the molecule is C[C@]12CC[C@H]3[C@H](C1=CC(=O)C2)[C@@H](O)C[C@H]1C[C@@H](O)CC[C@@]13C. The van der Waals surface area contributed by atoms with E-state index in [1.165, 1.54) is 5.57 Å². The van der Waals surface area contributed by atoms with Crippen molar-refractivity contribution in [1.29, 1.82) is 0 Å². The molecular formula is C19H28O3. The van der Waals surface area contributed by atoms with Gasteiger partial charge in [-0.05, 0) is 67.3 Å². The second-order valence-electron chi connectivity index (χ2n) is 8.91. The topological polar surface area (TPSA) is 57.5 Å². The zero-order valence-corrected chi connectivity index (χ0v) is 13.7. The quantitative estimate of drug-likeness (QED) is 0.723. The fraction of sp³-hybridized carbons (Fsp3) is 0.842. The van der Waals surface area contributed by atoms with Gasteiger partial charge in [-0.15, -0.1) is 0 Å². The Balaban J connectivity index is 1.72. The molecular weight excluding hydrogens is 276 g/mol. The lowest BCUT2D eigenvalue weighted by molar-refractivity contribution is -0.128. The predicted molar refractivity (Wildman–Crippen MR) is 84.1 cm³/mol. The Morgan fingerprint density at radius 2 is 1.91 bits per heavy atom. The second-order valence-corrected chi connectivity index (χ2v) is 8.91. The van der Waals surface area contributed by atoms with E-state index in [2.05, 4.69) is 13.8 Å². The summed E-state index contributed by atoms with van der Waals surface area (Å²) in [5.41, 5.74) is 1.46. The summed E-state index contributed by atoms with van der Waals surface area (Å²) in [4.78, 5) is 12.0. The van der Waals surface area contributed by atoms with Crippen LogP contribution in [0.15, 0.2) is 11.6 Å². The van der Waals surface area contributed by atoms with E-state index < -0.39 is 0 Å². The maximum atomic E-state index is 12.0. The molecule has 0 aliphatic heterocycles. The van der Waals surface area contributed by atoms with E-state index in [1.807, 2.05) is 6.08 Å². The summed E-state index contributed by atoms with van der Waals surface area (Å²) < 4.78 is 0. The Morgan fingerprint density at radius 3 is 2.68 bits per heavy atom. The molecule has 3 saturated carbocycles. The normalized spacial score (nSPS) is 54.3. The zero-order chi connectivity index (χ0) is 15.7. The van der Waals surface area contributed by atoms with Gasteiger partial charge in [0.15, 0.2) is 5.78 Å². The highest BCUT2D eigenvalue weighted by Crippen LogP contribution is 2.64. The molecule has 0 radical (unpaired) electrons. The molecule has 4 aliphatic carbocycles. The Morgan fingerprint density at radius 1 is 1.14 bits per heavy atom. The first kappa shape index (κ1) is 14.9. The first-order valence-corrected chi connectivity index (χ1v) is 8.94. The Hall–Kier alpha value is -0.670. The van der Waals surface area contributed by atoms with Crippen LogP contribution in [0.5, 0.6) is 0 Å². The molecule has 3 nitrogen and oxygen atoms in total. The molecule has 0 aromatic carbocycles. The predicted octanol–water partition coefficient (Wildman–Crippen LogP) is 2.85. The molecule has 7 atom stereocenters. The van der Waals surface area contributed by atoms with Gasteiger partial charge in [0.05, 0.1) is 12.2 Å². The highest BCUT2D eigenvalue weighted by molar-refractivity contribution is 5.94. The van der Waals surface area contributed by atoms with Crippen LogP contribution in [0.3, 0.4) is 0 Å². The molecule has 22 heavy (non-hydrogen) atoms. The van der Waals surface area contributed by atoms with Gasteiger partial charge in [0.2, 0.25) is 0 Å². The van der Waals surface area contributed by atoms with Crippen LogP contribution < -0.4 is 0 Å². The van der Waals surface area contributed by atoms with Crippen LogP contribution in [-0.4, -0.2) is 28.2 Å². The maximum absolute atomic E-state index is 12.0. The van der Waals surface area contributed by atoms with Crippen molar-refractivity contribution in [2.75, 3.05) is 0 Å². The highest BCUT2D eigenvalue weighted by atomic mass is 16.3. The van der Waals surface area contributed by atoms with E-state index in [0.717, 1.165) is 38.5 Å². The lowest BCUT2D eigenvalue weighted by Crippen LogP contribution is -2.55. The van der Waals surface area contributed by atoms with E-state index in [1.54, 1.807) is 0 Å². The van der Waals surface area contributed by atoms with Crippen LogP contribution >= 0.6 is 0 Å². The third-order valence-electron chi connectivity index (χ3n) is 7.67. The van der Waals surface area contributed by atoms with Gasteiger partial charge in [0.25, 0.3) is 0 Å². The van der Waals surface area contributed by atoms with Crippen LogP contribution in [0, 0.1) is 28.6 Å². The summed E-state index contributed by atoms with van der Waals surface area (Å²) in [6, 6.07) is 0. The lowest BCUT2D eigenvalue weighted by atomic mass is 9.46. The van der Waals surface area contributed by atoms with Crippen LogP contribution in [0.25, 0.3) is 0 Å². The van der Waals surface area contributed by atoms with Gasteiger partial charge in [0, 0.05) is 12.3 Å². The molecule has 0 saturated heterocycles. The number of ketones is 1. The van der Waals surface area contributed by atoms with Crippen molar-refractivity contribution in [3.63, 3.8) is 0 Å². The molecule has 122 valence electrons. The summed E-state index contributed by atoms with van der Waals surface area (Å²) >= 11 is 0. The van der Waals surface area contributed by atoms with Crippen LogP contribution in [-0.2, 0) is 4.79 Å². The molecule has 3 heteroatoms. The average molecular weight is 304 g/mol. The van der Waals surface area contributed by atoms with Gasteiger partial charge in [-0.2, -0.15) is 0 Å². The molecule has 0 aromatic rings. The number of rotatable bonds is 0. The summed E-state index contributed by atoms with van der Waals surface area (Å²) in [6.45, 7) is 4.60. The van der Waals surface area contributed by atoms with Crippen LogP contribution in [0.4, 0.5) is 0 Å². The summed E-state index contributed by atoms with van der Waals surface area (Å²) in [5, 5.41) is 20.9. The standard InChI is InChI=1S/C19H28O3/c1-18-5-4-14-17(15(18)9-13(21)10-18)16(22)8-11-7-12(20)3-6-19(11,14)2/h9,11-12,14,16-17,20,22H,3-8,10H2,1-2H3/t11-,12+,14+,16+,17-,18-,19+/m1/s1. The highest BCUT2D eigenvalue weighted by Gasteiger charge is 2.59. The first-order chi connectivity index (χ1) is 10.3. The number of hydrogen-bond donors (Lipinski definition) is 2. The minimum absolute atomic E-state index is 0.00337. The molecule has 3 fully saturated rings. The van der Waals surface area contributed by atoms with E-state index in [4.69, 9.17) is 0 Å². The summed E-state index contributed by atoms with van der Waals surface area (Å²) in [5.74, 6) is 1.31. The van der Waals surface area contributed by atoms with Gasteiger partial charge in [-0.25, -0.2) is 0 Å². The third-order valence-corrected chi connectivity index (χ3v) is 7.67. The van der Waals surface area contributed by atoms with E-state index in [0.29, 0.717) is 18.3 Å². The van der Waals surface area contributed by atoms with Gasteiger partial charge in [0.1, 0.15) is 0 Å². The van der Waals surface area contributed by atoms with Crippen molar-refractivity contribution in [1.82, 2.24) is 0 Å². The van der Waals surface area contributed by atoms with Gasteiger partial charge < -0.3 is 10.2 Å².